The molecular weight excluding hydrogens is 488 g/mol. The molecule has 3 aromatic rings. The Labute approximate surface area is 210 Å². The molecule has 0 spiro atoms. The highest BCUT2D eigenvalue weighted by Crippen LogP contribution is 2.48. The van der Waals surface area contributed by atoms with Crippen LogP contribution in [0.2, 0.25) is 0 Å². The summed E-state index contributed by atoms with van der Waals surface area (Å²) in [6.45, 7) is 5.10. The number of benzene rings is 3. The summed E-state index contributed by atoms with van der Waals surface area (Å²) < 4.78 is 13.5. The molecule has 0 aliphatic carbocycles. The third-order valence-electron chi connectivity index (χ3n) is 6.57. The molecule has 0 radical (unpaired) electrons. The van der Waals surface area contributed by atoms with Crippen LogP contribution in [0.4, 0.5) is 0 Å². The van der Waals surface area contributed by atoms with Crippen LogP contribution in [-0.4, -0.2) is 17.3 Å². The summed E-state index contributed by atoms with van der Waals surface area (Å²) in [7, 11) is 0. The SMILES string of the molecule is CCCCCCOc1ccc(C2Oc3ccc(Br)cc3C3CC(c4ccc(C)cc4)=NN32)cc1. The lowest BCUT2D eigenvalue weighted by atomic mass is 9.95. The molecule has 0 N–H and O–H groups in total. The summed E-state index contributed by atoms with van der Waals surface area (Å²) in [5.41, 5.74) is 5.76. The van der Waals surface area contributed by atoms with Crippen molar-refractivity contribution in [1.29, 1.82) is 0 Å². The van der Waals surface area contributed by atoms with Crippen LogP contribution in [0.5, 0.6) is 11.5 Å². The van der Waals surface area contributed by atoms with Crippen LogP contribution >= 0.6 is 15.9 Å². The van der Waals surface area contributed by atoms with Gasteiger partial charge in [-0.1, -0.05) is 71.9 Å². The number of unbranched alkanes of at least 4 members (excludes halogenated alkanes) is 3. The van der Waals surface area contributed by atoms with Crippen LogP contribution in [0, 0.1) is 6.92 Å². The fourth-order valence-electron chi connectivity index (χ4n) is 4.65. The van der Waals surface area contributed by atoms with Gasteiger partial charge >= 0.3 is 0 Å². The maximum absolute atomic E-state index is 6.51. The molecule has 0 amide bonds. The average molecular weight is 519 g/mol. The zero-order valence-corrected chi connectivity index (χ0v) is 21.4. The molecule has 2 atom stereocenters. The van der Waals surface area contributed by atoms with E-state index in [1.165, 1.54) is 36.0 Å². The van der Waals surface area contributed by atoms with Crippen molar-refractivity contribution in [3.63, 3.8) is 0 Å². The van der Waals surface area contributed by atoms with E-state index in [9.17, 15) is 0 Å². The molecule has 2 aliphatic rings. The molecule has 4 nitrogen and oxygen atoms in total. The summed E-state index contributed by atoms with van der Waals surface area (Å²) in [6, 6.07) is 23.3. The largest absolute Gasteiger partial charge is 0.494 e. The van der Waals surface area contributed by atoms with Crippen LogP contribution in [-0.2, 0) is 0 Å². The zero-order valence-electron chi connectivity index (χ0n) is 19.8. The fourth-order valence-corrected chi connectivity index (χ4v) is 5.02. The minimum atomic E-state index is -0.278. The van der Waals surface area contributed by atoms with Gasteiger partial charge in [0.1, 0.15) is 11.5 Å². The number of nitrogens with zero attached hydrogens (tertiary/aromatic N) is 2. The second-order valence-electron chi connectivity index (χ2n) is 9.14. The van der Waals surface area contributed by atoms with Gasteiger partial charge in [0, 0.05) is 22.0 Å². The summed E-state index contributed by atoms with van der Waals surface area (Å²) >= 11 is 3.63. The summed E-state index contributed by atoms with van der Waals surface area (Å²) in [4.78, 5) is 0. The zero-order chi connectivity index (χ0) is 23.5. The van der Waals surface area contributed by atoms with Crippen molar-refractivity contribution in [2.24, 2.45) is 5.10 Å². The van der Waals surface area contributed by atoms with Crippen molar-refractivity contribution < 1.29 is 9.47 Å². The number of aryl methyl sites for hydroxylation is 1. The Hall–Kier alpha value is -2.79. The van der Waals surface area contributed by atoms with Gasteiger partial charge in [0.2, 0.25) is 6.23 Å². The number of fused-ring (bicyclic) bond motifs is 3. The first-order valence-corrected chi connectivity index (χ1v) is 13.0. The lowest BCUT2D eigenvalue weighted by molar-refractivity contribution is -0.0191. The maximum atomic E-state index is 6.51. The summed E-state index contributed by atoms with van der Waals surface area (Å²) in [5, 5.41) is 7.20. The number of rotatable bonds is 8. The predicted octanol–water partition coefficient (Wildman–Crippen LogP) is 7.96. The van der Waals surface area contributed by atoms with E-state index in [0.717, 1.165) is 46.7 Å². The monoisotopic (exact) mass is 518 g/mol. The third-order valence-corrected chi connectivity index (χ3v) is 7.06. The van der Waals surface area contributed by atoms with Crippen LogP contribution in [0.3, 0.4) is 0 Å². The van der Waals surface area contributed by atoms with Gasteiger partial charge in [-0.15, -0.1) is 0 Å². The molecular formula is C29H31BrN2O2. The van der Waals surface area contributed by atoms with E-state index >= 15 is 0 Å². The highest BCUT2D eigenvalue weighted by atomic mass is 79.9. The first-order chi connectivity index (χ1) is 16.6. The molecule has 2 aliphatic heterocycles. The number of ether oxygens (including phenoxy) is 2. The topological polar surface area (TPSA) is 34.1 Å². The molecule has 2 unspecified atom stereocenters. The van der Waals surface area contributed by atoms with Gasteiger partial charge in [0.15, 0.2) is 0 Å². The highest BCUT2D eigenvalue weighted by molar-refractivity contribution is 9.10. The minimum absolute atomic E-state index is 0.136. The molecule has 0 bridgehead atoms. The number of hydrogen-bond acceptors (Lipinski definition) is 4. The lowest BCUT2D eigenvalue weighted by Gasteiger charge is -2.38. The van der Waals surface area contributed by atoms with Crippen LogP contribution in [0.1, 0.15) is 73.6 Å². The third kappa shape index (κ3) is 4.85. The van der Waals surface area contributed by atoms with Gasteiger partial charge in [-0.05, 0) is 61.4 Å². The minimum Gasteiger partial charge on any atom is -0.494 e. The molecule has 0 saturated heterocycles. The van der Waals surface area contributed by atoms with Gasteiger partial charge in [0.25, 0.3) is 0 Å². The van der Waals surface area contributed by atoms with E-state index in [2.05, 4.69) is 83.3 Å². The number of hydrazone groups is 1. The maximum Gasteiger partial charge on any atom is 0.213 e. The van der Waals surface area contributed by atoms with Crippen molar-refractivity contribution >= 4 is 21.6 Å². The van der Waals surface area contributed by atoms with Gasteiger partial charge in [-0.2, -0.15) is 5.10 Å². The molecule has 2 heterocycles. The van der Waals surface area contributed by atoms with Gasteiger partial charge < -0.3 is 9.47 Å². The lowest BCUT2D eigenvalue weighted by Crippen LogP contribution is -2.33. The van der Waals surface area contributed by atoms with Crippen molar-refractivity contribution in [3.8, 4) is 11.5 Å². The Kier molecular flexibility index (Phi) is 6.91. The predicted molar refractivity (Wildman–Crippen MR) is 141 cm³/mol. The van der Waals surface area contributed by atoms with Crippen LogP contribution < -0.4 is 9.47 Å². The van der Waals surface area contributed by atoms with Gasteiger partial charge in [0.05, 0.1) is 18.4 Å². The van der Waals surface area contributed by atoms with Crippen molar-refractivity contribution in [2.45, 2.75) is 58.2 Å². The van der Waals surface area contributed by atoms with Crippen molar-refractivity contribution in [3.05, 3.63) is 93.5 Å². The first-order valence-electron chi connectivity index (χ1n) is 12.2. The fraction of sp³-hybridized carbons (Fsp3) is 0.345. The quantitative estimate of drug-likeness (QED) is 0.283. The second-order valence-corrected chi connectivity index (χ2v) is 10.1. The summed E-state index contributed by atoms with van der Waals surface area (Å²) in [5.74, 6) is 1.83. The van der Waals surface area contributed by atoms with Gasteiger partial charge in [-0.25, -0.2) is 5.01 Å². The smallest absolute Gasteiger partial charge is 0.213 e. The Bertz CT molecular complexity index is 1160. The van der Waals surface area contributed by atoms with E-state index in [1.54, 1.807) is 0 Å². The van der Waals surface area contributed by atoms with Gasteiger partial charge in [-0.3, -0.25) is 0 Å². The number of hydrogen-bond donors (Lipinski definition) is 0. The Balaban J connectivity index is 1.40. The van der Waals surface area contributed by atoms with Crippen LogP contribution in [0.15, 0.2) is 76.3 Å². The van der Waals surface area contributed by atoms with Crippen LogP contribution in [0.25, 0.3) is 0 Å². The normalized spacial score (nSPS) is 18.7. The Morgan fingerprint density at radius 3 is 2.56 bits per heavy atom. The molecule has 34 heavy (non-hydrogen) atoms. The van der Waals surface area contributed by atoms with E-state index in [-0.39, 0.29) is 12.3 Å². The van der Waals surface area contributed by atoms with E-state index in [4.69, 9.17) is 14.6 Å². The Morgan fingerprint density at radius 1 is 1.00 bits per heavy atom. The molecule has 5 rings (SSSR count). The number of halogens is 1. The van der Waals surface area contributed by atoms with E-state index < -0.39 is 0 Å². The Morgan fingerprint density at radius 2 is 1.79 bits per heavy atom. The molecule has 0 aromatic heterocycles. The average Bonchev–Trinajstić information content (AvgIpc) is 3.30. The standard InChI is InChI=1S/C29H31BrN2O2/c1-3-4-5-6-17-33-24-14-11-22(12-15-24)29-32-27(25-18-23(30)13-16-28(25)34-29)19-26(31-32)21-9-7-20(2)8-10-21/h7-16,18,27,29H,3-6,17,19H2,1-2H3. The molecule has 0 saturated carbocycles. The van der Waals surface area contributed by atoms with Crippen molar-refractivity contribution in [2.75, 3.05) is 6.61 Å². The van der Waals surface area contributed by atoms with E-state index in [1.807, 2.05) is 18.2 Å². The molecule has 176 valence electrons. The first kappa shape index (κ1) is 23.0. The second kappa shape index (κ2) is 10.2. The van der Waals surface area contributed by atoms with Crippen molar-refractivity contribution in [1.82, 2.24) is 5.01 Å². The molecule has 5 heteroatoms. The van der Waals surface area contributed by atoms with E-state index in [0.29, 0.717) is 0 Å². The highest BCUT2D eigenvalue weighted by Gasteiger charge is 2.41. The molecule has 0 fully saturated rings. The summed E-state index contributed by atoms with van der Waals surface area (Å²) in [6.07, 6.45) is 5.39. The molecule has 3 aromatic carbocycles.